The third-order valence-corrected chi connectivity index (χ3v) is 3.72. The number of rotatable bonds is 2. The van der Waals surface area contributed by atoms with Gasteiger partial charge in [0.15, 0.2) is 12.6 Å². The number of carbonyl (C=O) groups is 1. The first kappa shape index (κ1) is 18.8. The van der Waals surface area contributed by atoms with Crippen LogP contribution in [-0.4, -0.2) is 36.2 Å². The molecule has 0 fully saturated rings. The molecule has 0 saturated carbocycles. The van der Waals surface area contributed by atoms with Gasteiger partial charge in [0.2, 0.25) is 0 Å². The van der Waals surface area contributed by atoms with Crippen molar-refractivity contribution >= 4 is 12.0 Å². The number of guanidine groups is 1. The van der Waals surface area contributed by atoms with Crippen LogP contribution in [0, 0.1) is 5.82 Å². The fourth-order valence-electron chi connectivity index (χ4n) is 2.90. The highest BCUT2D eigenvalue weighted by Gasteiger charge is 2.38. The molecule has 0 radical (unpaired) electrons. The minimum Gasteiger partial charge on any atom is -0.484 e. The van der Waals surface area contributed by atoms with Gasteiger partial charge in [0.1, 0.15) is 11.6 Å². The van der Waals surface area contributed by atoms with E-state index in [0.29, 0.717) is 0 Å². The standard InChI is InChI=1S/C15H18F4N4O2/c1-14(2)6-23(13(24)22-12(20)21)5-8-10(25-7-15(17,18)19)4-3-9(16)11(8)14/h3-4H,5-7H2,1-2H3,(H4,20,21,22,24). The molecule has 6 nitrogen and oxygen atoms in total. The van der Waals surface area contributed by atoms with Gasteiger partial charge in [0, 0.05) is 23.1 Å². The highest BCUT2D eigenvalue weighted by atomic mass is 19.4. The summed E-state index contributed by atoms with van der Waals surface area (Å²) >= 11 is 0. The van der Waals surface area contributed by atoms with E-state index in [2.05, 4.69) is 4.99 Å². The topological polar surface area (TPSA) is 93.9 Å². The normalized spacial score (nSPS) is 16.2. The highest BCUT2D eigenvalue weighted by molar-refractivity contribution is 5.90. The Morgan fingerprint density at radius 3 is 2.56 bits per heavy atom. The zero-order valence-electron chi connectivity index (χ0n) is 13.7. The van der Waals surface area contributed by atoms with Gasteiger partial charge in [-0.3, -0.25) is 0 Å². The molecule has 0 atom stereocenters. The molecule has 4 N–H and O–H groups in total. The molecule has 0 bridgehead atoms. The van der Waals surface area contributed by atoms with E-state index < -0.39 is 36.0 Å². The number of aliphatic imine (C=N–C) groups is 1. The summed E-state index contributed by atoms with van der Waals surface area (Å²) in [7, 11) is 0. The smallest absolute Gasteiger partial charge is 0.422 e. The molecule has 2 rings (SSSR count). The van der Waals surface area contributed by atoms with Crippen molar-refractivity contribution in [3.63, 3.8) is 0 Å². The van der Waals surface area contributed by atoms with Crippen molar-refractivity contribution < 1.29 is 27.1 Å². The monoisotopic (exact) mass is 362 g/mol. The van der Waals surface area contributed by atoms with E-state index in [-0.39, 0.29) is 30.0 Å². The fourth-order valence-corrected chi connectivity index (χ4v) is 2.90. The summed E-state index contributed by atoms with van der Waals surface area (Å²) in [5.74, 6) is -1.15. The Balaban J connectivity index is 2.44. The Morgan fingerprint density at radius 2 is 2.00 bits per heavy atom. The average molecular weight is 362 g/mol. The van der Waals surface area contributed by atoms with Crippen LogP contribution < -0.4 is 16.2 Å². The molecule has 138 valence electrons. The van der Waals surface area contributed by atoms with Gasteiger partial charge in [-0.2, -0.15) is 18.2 Å². The summed E-state index contributed by atoms with van der Waals surface area (Å²) in [6, 6.07) is 1.41. The predicted molar refractivity (Wildman–Crippen MR) is 82.6 cm³/mol. The molecule has 2 amide bonds. The second-order valence-electron chi connectivity index (χ2n) is 6.36. The quantitative estimate of drug-likeness (QED) is 0.479. The highest BCUT2D eigenvalue weighted by Crippen LogP contribution is 2.40. The SMILES string of the molecule is CC1(C)CN(C(=O)N=C(N)N)Cc2c(OCC(F)(F)F)ccc(F)c21. The molecule has 0 spiro atoms. The number of benzene rings is 1. The Morgan fingerprint density at radius 1 is 1.36 bits per heavy atom. The Hall–Kier alpha value is -2.52. The van der Waals surface area contributed by atoms with Gasteiger partial charge in [0.05, 0.1) is 6.54 Å². The van der Waals surface area contributed by atoms with Crippen molar-refractivity contribution in [1.82, 2.24) is 4.90 Å². The van der Waals surface area contributed by atoms with Crippen molar-refractivity contribution in [3.05, 3.63) is 29.1 Å². The third-order valence-electron chi connectivity index (χ3n) is 3.72. The zero-order chi connectivity index (χ0) is 19.0. The Labute approximate surface area is 141 Å². The van der Waals surface area contributed by atoms with Crippen LogP contribution >= 0.6 is 0 Å². The summed E-state index contributed by atoms with van der Waals surface area (Å²) in [5, 5.41) is 0. The van der Waals surface area contributed by atoms with Gasteiger partial charge in [-0.25, -0.2) is 9.18 Å². The molecular formula is C15H18F4N4O2. The minimum absolute atomic E-state index is 0.0925. The van der Waals surface area contributed by atoms with Crippen LogP contribution in [0.1, 0.15) is 25.0 Å². The lowest BCUT2D eigenvalue weighted by molar-refractivity contribution is -0.153. The lowest BCUT2D eigenvalue weighted by Gasteiger charge is -2.39. The summed E-state index contributed by atoms with van der Waals surface area (Å²) in [5.41, 5.74) is 9.87. The van der Waals surface area contributed by atoms with Crippen LogP contribution in [0.3, 0.4) is 0 Å². The number of urea groups is 1. The molecule has 10 heteroatoms. The number of fused-ring (bicyclic) bond motifs is 1. The number of ether oxygens (including phenoxy) is 1. The minimum atomic E-state index is -4.54. The number of alkyl halides is 3. The molecular weight excluding hydrogens is 344 g/mol. The Bertz CT molecular complexity index is 712. The van der Waals surface area contributed by atoms with E-state index in [0.717, 1.165) is 12.1 Å². The maximum absolute atomic E-state index is 14.3. The van der Waals surface area contributed by atoms with Crippen LogP contribution in [0.2, 0.25) is 0 Å². The number of hydrogen-bond acceptors (Lipinski definition) is 2. The number of halogens is 4. The molecule has 25 heavy (non-hydrogen) atoms. The van der Waals surface area contributed by atoms with E-state index >= 15 is 0 Å². The molecule has 1 aliphatic heterocycles. The number of nitrogens with zero attached hydrogens (tertiary/aromatic N) is 2. The van der Waals surface area contributed by atoms with Gasteiger partial charge in [0.25, 0.3) is 0 Å². The van der Waals surface area contributed by atoms with Gasteiger partial charge in [-0.05, 0) is 12.1 Å². The van der Waals surface area contributed by atoms with Crippen molar-refractivity contribution in [3.8, 4) is 5.75 Å². The first-order chi connectivity index (χ1) is 11.4. The second kappa shape index (κ2) is 6.41. The largest absolute Gasteiger partial charge is 0.484 e. The van der Waals surface area contributed by atoms with Crippen LogP contribution in [0.4, 0.5) is 22.4 Å². The van der Waals surface area contributed by atoms with Gasteiger partial charge in [-0.15, -0.1) is 0 Å². The van der Waals surface area contributed by atoms with Gasteiger partial charge < -0.3 is 21.1 Å². The average Bonchev–Trinajstić information content (AvgIpc) is 2.43. The first-order valence-electron chi connectivity index (χ1n) is 7.30. The summed E-state index contributed by atoms with van der Waals surface area (Å²) < 4.78 is 56.5. The van der Waals surface area contributed by atoms with Crippen molar-refractivity contribution in [2.24, 2.45) is 16.5 Å². The molecule has 0 aromatic heterocycles. The molecule has 0 unspecified atom stereocenters. The Kier molecular flexibility index (Phi) is 4.83. The lowest BCUT2D eigenvalue weighted by atomic mass is 9.77. The first-order valence-corrected chi connectivity index (χ1v) is 7.30. The molecule has 0 aliphatic carbocycles. The number of nitrogens with two attached hydrogens (primary N) is 2. The van der Waals surface area contributed by atoms with Crippen LogP contribution in [-0.2, 0) is 12.0 Å². The van der Waals surface area contributed by atoms with E-state index in [1.807, 2.05) is 0 Å². The molecule has 0 saturated heterocycles. The molecule has 1 heterocycles. The van der Waals surface area contributed by atoms with Gasteiger partial charge in [-0.1, -0.05) is 13.8 Å². The van der Waals surface area contributed by atoms with Gasteiger partial charge >= 0.3 is 12.2 Å². The van der Waals surface area contributed by atoms with E-state index in [9.17, 15) is 22.4 Å². The summed E-state index contributed by atoms with van der Waals surface area (Å²) in [4.78, 5) is 16.7. The lowest BCUT2D eigenvalue weighted by Crippen LogP contribution is -2.45. The summed E-state index contributed by atoms with van der Waals surface area (Å²) in [6.45, 7) is 1.73. The molecule has 1 aromatic carbocycles. The number of amides is 2. The molecule has 1 aliphatic rings. The van der Waals surface area contributed by atoms with Crippen LogP contribution in [0.15, 0.2) is 17.1 Å². The van der Waals surface area contributed by atoms with E-state index in [1.54, 1.807) is 13.8 Å². The maximum atomic E-state index is 14.3. The second-order valence-corrected chi connectivity index (χ2v) is 6.36. The van der Waals surface area contributed by atoms with Crippen LogP contribution in [0.5, 0.6) is 5.75 Å². The zero-order valence-corrected chi connectivity index (χ0v) is 13.7. The van der Waals surface area contributed by atoms with Crippen molar-refractivity contribution in [1.29, 1.82) is 0 Å². The predicted octanol–water partition coefficient (Wildman–Crippen LogP) is 2.25. The van der Waals surface area contributed by atoms with E-state index in [4.69, 9.17) is 16.2 Å². The molecule has 1 aromatic rings. The summed E-state index contributed by atoms with van der Waals surface area (Å²) in [6.07, 6.45) is -4.54. The third kappa shape index (κ3) is 4.31. The van der Waals surface area contributed by atoms with Crippen LogP contribution in [0.25, 0.3) is 0 Å². The van der Waals surface area contributed by atoms with E-state index in [1.165, 1.54) is 4.90 Å². The maximum Gasteiger partial charge on any atom is 0.422 e. The fraction of sp³-hybridized carbons (Fsp3) is 0.467. The van der Waals surface area contributed by atoms with Crippen molar-refractivity contribution in [2.45, 2.75) is 32.0 Å². The number of hydrogen-bond donors (Lipinski definition) is 2. The number of carbonyl (C=O) groups excluding carboxylic acids is 1. The van der Waals surface area contributed by atoms with Crippen molar-refractivity contribution in [2.75, 3.05) is 13.2 Å².